The lowest BCUT2D eigenvalue weighted by molar-refractivity contribution is 0.761. The minimum atomic E-state index is 0.115. The summed E-state index contributed by atoms with van der Waals surface area (Å²) in [6.45, 7) is 4.07. The maximum Gasteiger partial charge on any atom is 0.164 e. The van der Waals surface area contributed by atoms with Crippen LogP contribution in [-0.4, -0.2) is 40.7 Å². The number of aromatic nitrogens is 7. The van der Waals surface area contributed by atoms with Gasteiger partial charge in [0.1, 0.15) is 5.82 Å². The molecule has 4 rings (SSSR count). The van der Waals surface area contributed by atoms with Crippen molar-refractivity contribution in [2.75, 3.05) is 5.32 Å². The quantitative estimate of drug-likeness (QED) is 0.584. The highest BCUT2D eigenvalue weighted by atomic mass is 15.3. The Bertz CT molecular complexity index is 1060. The van der Waals surface area contributed by atoms with E-state index in [9.17, 15) is 0 Å². The van der Waals surface area contributed by atoms with Crippen LogP contribution in [0.5, 0.6) is 0 Å². The molecule has 0 spiro atoms. The molecule has 8 heteroatoms. The number of rotatable bonds is 5. The highest BCUT2D eigenvalue weighted by Crippen LogP contribution is 2.27. The van der Waals surface area contributed by atoms with Crippen molar-refractivity contribution in [2.45, 2.75) is 26.3 Å². The minimum absolute atomic E-state index is 0.115. The van der Waals surface area contributed by atoms with Crippen molar-refractivity contribution < 1.29 is 0 Å². The summed E-state index contributed by atoms with van der Waals surface area (Å²) >= 11 is 0. The van der Waals surface area contributed by atoms with Crippen LogP contribution < -0.4 is 5.32 Å². The monoisotopic (exact) mass is 360 g/mol. The second kappa shape index (κ2) is 7.06. The lowest BCUT2D eigenvalue weighted by atomic mass is 10.1. The number of fused-ring (bicyclic) bond motifs is 1. The predicted molar refractivity (Wildman–Crippen MR) is 103 cm³/mol. The molecular weight excluding hydrogens is 340 g/mol. The van der Waals surface area contributed by atoms with Crippen molar-refractivity contribution in [2.24, 2.45) is 7.05 Å². The molecule has 0 radical (unpaired) electrons. The summed E-state index contributed by atoms with van der Waals surface area (Å²) in [5.41, 5.74) is 3.53. The molecule has 0 saturated carbocycles. The van der Waals surface area contributed by atoms with E-state index in [0.717, 1.165) is 40.2 Å². The van der Waals surface area contributed by atoms with Crippen molar-refractivity contribution in [1.29, 1.82) is 0 Å². The fourth-order valence-corrected chi connectivity index (χ4v) is 3.11. The van der Waals surface area contributed by atoms with Crippen LogP contribution in [0.25, 0.3) is 22.4 Å². The number of anilines is 1. The molecule has 0 saturated heterocycles. The number of pyridine rings is 1. The molecule has 1 unspecified atom stereocenters. The molecule has 0 aromatic carbocycles. The lowest BCUT2D eigenvalue weighted by Crippen LogP contribution is -2.20. The summed E-state index contributed by atoms with van der Waals surface area (Å²) in [4.78, 5) is 22.1. The molecule has 0 aliphatic carbocycles. The Balaban J connectivity index is 1.74. The largest absolute Gasteiger partial charge is 0.366 e. The summed E-state index contributed by atoms with van der Waals surface area (Å²) in [6.07, 6.45) is 9.38. The van der Waals surface area contributed by atoms with Gasteiger partial charge in [-0.2, -0.15) is 5.10 Å². The molecule has 1 N–H and O–H groups in total. The second-order valence-electron chi connectivity index (χ2n) is 6.49. The van der Waals surface area contributed by atoms with Crippen LogP contribution in [0.2, 0.25) is 0 Å². The molecule has 0 aliphatic heterocycles. The summed E-state index contributed by atoms with van der Waals surface area (Å²) in [6, 6.07) is 3.92. The molecule has 1 atom stereocenters. The van der Waals surface area contributed by atoms with Gasteiger partial charge in [-0.3, -0.25) is 19.6 Å². The van der Waals surface area contributed by atoms with Crippen molar-refractivity contribution in [3.8, 4) is 11.4 Å². The third-order valence-electron chi connectivity index (χ3n) is 4.31. The maximum atomic E-state index is 4.79. The van der Waals surface area contributed by atoms with Gasteiger partial charge in [-0.05, 0) is 26.0 Å². The van der Waals surface area contributed by atoms with Gasteiger partial charge in [0.25, 0.3) is 0 Å². The number of hydrogen-bond donors (Lipinski definition) is 1. The van der Waals surface area contributed by atoms with Gasteiger partial charge in [-0.1, -0.05) is 0 Å². The Morgan fingerprint density at radius 1 is 1.07 bits per heavy atom. The SMILES string of the molecule is Cc1nn(C)c2nc(-c3ccncc3)nc(NC(C)Cc3cnccn3)c12. The van der Waals surface area contributed by atoms with E-state index in [1.54, 1.807) is 35.7 Å². The second-order valence-corrected chi connectivity index (χ2v) is 6.49. The molecule has 27 heavy (non-hydrogen) atoms. The lowest BCUT2D eigenvalue weighted by Gasteiger charge is -2.15. The average Bonchev–Trinajstić information content (AvgIpc) is 2.97. The fraction of sp³-hybridized carbons (Fsp3) is 0.263. The van der Waals surface area contributed by atoms with Crippen molar-refractivity contribution in [1.82, 2.24) is 34.7 Å². The van der Waals surface area contributed by atoms with Crippen LogP contribution >= 0.6 is 0 Å². The summed E-state index contributed by atoms with van der Waals surface area (Å²) in [7, 11) is 1.89. The number of nitrogens with one attached hydrogen (secondary N) is 1. The smallest absolute Gasteiger partial charge is 0.164 e. The normalized spacial score (nSPS) is 12.3. The topological polar surface area (TPSA) is 94.3 Å². The molecule has 4 heterocycles. The first kappa shape index (κ1) is 17.0. The first-order chi connectivity index (χ1) is 13.1. The highest BCUT2D eigenvalue weighted by molar-refractivity contribution is 5.91. The van der Waals surface area contributed by atoms with Gasteiger partial charge in [0.2, 0.25) is 0 Å². The van der Waals surface area contributed by atoms with E-state index in [2.05, 4.69) is 32.3 Å². The number of hydrogen-bond acceptors (Lipinski definition) is 7. The van der Waals surface area contributed by atoms with E-state index < -0.39 is 0 Å². The van der Waals surface area contributed by atoms with Gasteiger partial charge >= 0.3 is 0 Å². The van der Waals surface area contributed by atoms with Crippen LogP contribution in [0.4, 0.5) is 5.82 Å². The molecule has 0 bridgehead atoms. The first-order valence-corrected chi connectivity index (χ1v) is 8.75. The molecule has 0 amide bonds. The van der Waals surface area contributed by atoms with Crippen LogP contribution in [-0.2, 0) is 13.5 Å². The third-order valence-corrected chi connectivity index (χ3v) is 4.31. The molecule has 0 aliphatic rings. The van der Waals surface area contributed by atoms with Gasteiger partial charge in [0.15, 0.2) is 11.5 Å². The summed E-state index contributed by atoms with van der Waals surface area (Å²) in [5, 5.41) is 8.96. The first-order valence-electron chi connectivity index (χ1n) is 8.75. The minimum Gasteiger partial charge on any atom is -0.366 e. The highest BCUT2D eigenvalue weighted by Gasteiger charge is 2.17. The van der Waals surface area contributed by atoms with E-state index >= 15 is 0 Å². The Morgan fingerprint density at radius 2 is 1.89 bits per heavy atom. The van der Waals surface area contributed by atoms with Crippen molar-refractivity contribution in [3.05, 3.63) is 54.5 Å². The Kier molecular flexibility index (Phi) is 4.45. The number of aryl methyl sites for hydroxylation is 2. The zero-order valence-electron chi connectivity index (χ0n) is 15.5. The van der Waals surface area contributed by atoms with Gasteiger partial charge in [0, 0.05) is 56.1 Å². The van der Waals surface area contributed by atoms with Gasteiger partial charge in [-0.15, -0.1) is 0 Å². The molecule has 0 fully saturated rings. The Morgan fingerprint density at radius 3 is 2.63 bits per heavy atom. The maximum absolute atomic E-state index is 4.79. The Hall–Kier alpha value is -3.42. The van der Waals surface area contributed by atoms with Crippen molar-refractivity contribution >= 4 is 16.9 Å². The zero-order valence-corrected chi connectivity index (χ0v) is 15.5. The van der Waals surface area contributed by atoms with E-state index in [0.29, 0.717) is 5.82 Å². The summed E-state index contributed by atoms with van der Waals surface area (Å²) in [5.74, 6) is 1.41. The molecule has 4 aromatic heterocycles. The van der Waals surface area contributed by atoms with Gasteiger partial charge in [-0.25, -0.2) is 9.97 Å². The molecule has 8 nitrogen and oxygen atoms in total. The van der Waals surface area contributed by atoms with Crippen LogP contribution in [0.1, 0.15) is 18.3 Å². The third kappa shape index (κ3) is 3.46. The van der Waals surface area contributed by atoms with Crippen LogP contribution in [0.15, 0.2) is 43.1 Å². The van der Waals surface area contributed by atoms with Crippen LogP contribution in [0, 0.1) is 6.92 Å². The van der Waals surface area contributed by atoms with E-state index in [1.807, 2.05) is 26.1 Å². The van der Waals surface area contributed by atoms with Gasteiger partial charge in [0.05, 0.1) is 16.8 Å². The van der Waals surface area contributed by atoms with E-state index in [1.165, 1.54) is 0 Å². The molecule has 136 valence electrons. The molecule has 4 aromatic rings. The predicted octanol–water partition coefficient (Wildman–Crippen LogP) is 2.57. The fourth-order valence-electron chi connectivity index (χ4n) is 3.11. The van der Waals surface area contributed by atoms with Crippen LogP contribution in [0.3, 0.4) is 0 Å². The van der Waals surface area contributed by atoms with Gasteiger partial charge < -0.3 is 5.32 Å². The average molecular weight is 360 g/mol. The standard InChI is InChI=1S/C19H20N8/c1-12(10-15-11-21-8-9-22-15)23-18-16-13(2)26-27(3)19(16)25-17(24-18)14-4-6-20-7-5-14/h4-9,11-12H,10H2,1-3H3,(H,23,24,25). The van der Waals surface area contributed by atoms with Crippen molar-refractivity contribution in [3.63, 3.8) is 0 Å². The van der Waals surface area contributed by atoms with E-state index in [4.69, 9.17) is 9.97 Å². The number of nitrogens with zero attached hydrogens (tertiary/aromatic N) is 7. The molecular formula is C19H20N8. The summed E-state index contributed by atoms with van der Waals surface area (Å²) < 4.78 is 1.79. The Labute approximate surface area is 156 Å². The van der Waals surface area contributed by atoms with E-state index in [-0.39, 0.29) is 6.04 Å². The zero-order chi connectivity index (χ0) is 18.8.